The molecule has 0 fully saturated rings. The molecule has 0 aliphatic carbocycles. The van der Waals surface area contributed by atoms with Gasteiger partial charge in [0.1, 0.15) is 11.3 Å². The van der Waals surface area contributed by atoms with Gasteiger partial charge < -0.3 is 4.52 Å². The summed E-state index contributed by atoms with van der Waals surface area (Å²) >= 11 is 7.67. The van der Waals surface area contributed by atoms with E-state index in [9.17, 15) is 4.79 Å². The highest BCUT2D eigenvalue weighted by atomic mass is 35.5. The lowest BCUT2D eigenvalue weighted by Crippen LogP contribution is -2.30. The molecule has 2 heterocycles. The van der Waals surface area contributed by atoms with E-state index < -0.39 is 0 Å². The van der Waals surface area contributed by atoms with E-state index in [2.05, 4.69) is 10.1 Å². The second-order valence-electron chi connectivity index (χ2n) is 5.78. The molecule has 0 N–H and O–H groups in total. The molecule has 0 saturated carbocycles. The maximum atomic E-state index is 13.1. The van der Waals surface area contributed by atoms with Gasteiger partial charge in [0, 0.05) is 6.07 Å². The number of aryl methyl sites for hydroxylation is 1. The number of para-hydroxylation sites is 1. The molecule has 0 radical (unpaired) electrons. The van der Waals surface area contributed by atoms with E-state index in [0.717, 1.165) is 10.3 Å². The number of anilines is 1. The first-order chi connectivity index (χ1) is 12.6. The lowest BCUT2D eigenvalue weighted by molar-refractivity contribution is 0.0976. The fourth-order valence-corrected chi connectivity index (χ4v) is 3.88. The first-order valence-corrected chi connectivity index (χ1v) is 9.15. The largest absolute Gasteiger partial charge is 0.361 e. The molecule has 0 bridgehead atoms. The van der Waals surface area contributed by atoms with Gasteiger partial charge in [0.05, 0.1) is 16.3 Å². The van der Waals surface area contributed by atoms with Crippen LogP contribution in [0, 0.1) is 6.92 Å². The van der Waals surface area contributed by atoms with Gasteiger partial charge in [-0.2, -0.15) is 0 Å². The molecule has 4 aromatic rings. The lowest BCUT2D eigenvalue weighted by Gasteiger charge is -2.18. The Kier molecular flexibility index (Phi) is 4.44. The maximum absolute atomic E-state index is 13.1. The topological polar surface area (TPSA) is 59.2 Å². The zero-order chi connectivity index (χ0) is 18.1. The number of thiazole rings is 1. The minimum Gasteiger partial charge on any atom is -0.361 e. The highest BCUT2D eigenvalue weighted by Gasteiger charge is 2.24. The summed E-state index contributed by atoms with van der Waals surface area (Å²) in [6.07, 6.45) is 0. The summed E-state index contributed by atoms with van der Waals surface area (Å²) in [6.45, 7) is 2.13. The summed E-state index contributed by atoms with van der Waals surface area (Å²) < 4.78 is 5.99. The smallest absolute Gasteiger partial charge is 0.282 e. The predicted molar refractivity (Wildman–Crippen MR) is 103 cm³/mol. The van der Waals surface area contributed by atoms with E-state index in [1.54, 1.807) is 24.0 Å². The van der Waals surface area contributed by atoms with Crippen LogP contribution in [0.25, 0.3) is 10.2 Å². The Bertz CT molecular complexity index is 1070. The van der Waals surface area contributed by atoms with Crippen molar-refractivity contribution in [2.24, 2.45) is 0 Å². The number of hydrogen-bond acceptors (Lipinski definition) is 5. The fraction of sp³-hybridized carbons (Fsp3) is 0.105. The maximum Gasteiger partial charge on any atom is 0.282 e. The quantitative estimate of drug-likeness (QED) is 0.492. The number of fused-ring (bicyclic) bond motifs is 1. The number of rotatable bonds is 4. The first kappa shape index (κ1) is 16.8. The predicted octanol–water partition coefficient (Wildman–Crippen LogP) is 5.09. The lowest BCUT2D eigenvalue weighted by atomic mass is 10.2. The van der Waals surface area contributed by atoms with E-state index >= 15 is 0 Å². The van der Waals surface area contributed by atoms with Crippen molar-refractivity contribution >= 4 is 44.2 Å². The molecular formula is C19H14ClN3O2S. The van der Waals surface area contributed by atoms with Crippen molar-refractivity contribution in [1.82, 2.24) is 10.1 Å². The van der Waals surface area contributed by atoms with Gasteiger partial charge in [0.25, 0.3) is 5.91 Å². The summed E-state index contributed by atoms with van der Waals surface area (Å²) in [5.41, 5.74) is 1.94. The van der Waals surface area contributed by atoms with Crippen molar-refractivity contribution < 1.29 is 9.32 Å². The molecule has 0 aliphatic heterocycles. The molecule has 0 atom stereocenters. The Morgan fingerprint density at radius 2 is 2.00 bits per heavy atom. The van der Waals surface area contributed by atoms with Crippen molar-refractivity contribution in [3.8, 4) is 0 Å². The number of hydrogen-bond donors (Lipinski definition) is 0. The average Bonchev–Trinajstić information content (AvgIpc) is 3.27. The number of halogens is 1. The monoisotopic (exact) mass is 383 g/mol. The third-order valence-electron chi connectivity index (χ3n) is 3.87. The summed E-state index contributed by atoms with van der Waals surface area (Å²) in [4.78, 5) is 19.3. The van der Waals surface area contributed by atoms with Gasteiger partial charge in [-0.15, -0.1) is 0 Å². The normalized spacial score (nSPS) is 11.0. The highest BCUT2D eigenvalue weighted by molar-refractivity contribution is 7.22. The van der Waals surface area contributed by atoms with Crippen LogP contribution in [-0.2, 0) is 6.54 Å². The molecule has 5 nitrogen and oxygen atoms in total. The molecule has 26 heavy (non-hydrogen) atoms. The highest BCUT2D eigenvalue weighted by Crippen LogP contribution is 2.34. The first-order valence-electron chi connectivity index (χ1n) is 7.96. The Labute approximate surface area is 158 Å². The van der Waals surface area contributed by atoms with Gasteiger partial charge >= 0.3 is 0 Å². The Balaban J connectivity index is 1.78. The van der Waals surface area contributed by atoms with Crippen LogP contribution in [0.5, 0.6) is 0 Å². The minimum atomic E-state index is -0.263. The van der Waals surface area contributed by atoms with Crippen molar-refractivity contribution in [1.29, 1.82) is 0 Å². The number of amides is 1. The van der Waals surface area contributed by atoms with Crippen molar-refractivity contribution in [3.05, 3.63) is 76.6 Å². The van der Waals surface area contributed by atoms with Gasteiger partial charge in [0.15, 0.2) is 10.8 Å². The van der Waals surface area contributed by atoms with Crippen LogP contribution in [0.2, 0.25) is 5.02 Å². The standard InChI is InChI=1S/C19H14ClN3O2S/c1-12-10-15(22-25-12)18(24)23(11-13-6-3-2-4-7-13)19-21-17-14(20)8-5-9-16(17)26-19/h2-10H,11H2,1H3. The van der Waals surface area contributed by atoms with Gasteiger partial charge in [-0.05, 0) is 24.6 Å². The summed E-state index contributed by atoms with van der Waals surface area (Å²) in [5, 5.41) is 5.00. The van der Waals surface area contributed by atoms with E-state index in [1.807, 2.05) is 42.5 Å². The van der Waals surface area contributed by atoms with Crippen molar-refractivity contribution in [2.45, 2.75) is 13.5 Å². The van der Waals surface area contributed by atoms with Crippen LogP contribution in [0.15, 0.2) is 59.1 Å². The van der Waals surface area contributed by atoms with Crippen LogP contribution in [0.3, 0.4) is 0 Å². The molecule has 0 aliphatic rings. The van der Waals surface area contributed by atoms with Gasteiger partial charge in [0.2, 0.25) is 0 Å². The zero-order valence-corrected chi connectivity index (χ0v) is 15.4. The van der Waals surface area contributed by atoms with Crippen LogP contribution in [0.4, 0.5) is 5.13 Å². The molecule has 0 saturated heterocycles. The second kappa shape index (κ2) is 6.90. The second-order valence-corrected chi connectivity index (χ2v) is 7.20. The third-order valence-corrected chi connectivity index (χ3v) is 5.21. The molecule has 1 amide bonds. The van der Waals surface area contributed by atoms with Gasteiger partial charge in [-0.25, -0.2) is 4.98 Å². The Hall–Kier alpha value is -2.70. The van der Waals surface area contributed by atoms with E-state index in [4.69, 9.17) is 16.1 Å². The number of carbonyl (C=O) groups excluding carboxylic acids is 1. The molecule has 0 spiro atoms. The van der Waals surface area contributed by atoms with Crippen LogP contribution in [-0.4, -0.2) is 16.0 Å². The van der Waals surface area contributed by atoms with E-state index in [1.165, 1.54) is 11.3 Å². The zero-order valence-electron chi connectivity index (χ0n) is 13.8. The molecule has 130 valence electrons. The number of benzene rings is 2. The van der Waals surface area contributed by atoms with Gasteiger partial charge in [-0.3, -0.25) is 9.69 Å². The fourth-order valence-electron chi connectivity index (χ4n) is 2.62. The van der Waals surface area contributed by atoms with Crippen molar-refractivity contribution in [3.63, 3.8) is 0 Å². The van der Waals surface area contributed by atoms with Gasteiger partial charge in [-0.1, -0.05) is 64.5 Å². The molecule has 0 unspecified atom stereocenters. The van der Waals surface area contributed by atoms with E-state index in [-0.39, 0.29) is 11.6 Å². The summed E-state index contributed by atoms with van der Waals surface area (Å²) in [5.74, 6) is 0.321. The molecule has 4 rings (SSSR count). The Morgan fingerprint density at radius 1 is 1.19 bits per heavy atom. The average molecular weight is 384 g/mol. The SMILES string of the molecule is Cc1cc(C(=O)N(Cc2ccccc2)c2nc3c(Cl)cccc3s2)no1. The molecule has 2 aromatic heterocycles. The summed E-state index contributed by atoms with van der Waals surface area (Å²) in [7, 11) is 0. The number of nitrogens with zero attached hydrogens (tertiary/aromatic N) is 3. The molecular weight excluding hydrogens is 370 g/mol. The number of aromatic nitrogens is 2. The molecule has 2 aromatic carbocycles. The van der Waals surface area contributed by atoms with E-state index in [0.29, 0.717) is 28.0 Å². The van der Waals surface area contributed by atoms with Crippen molar-refractivity contribution in [2.75, 3.05) is 4.90 Å². The van der Waals surface area contributed by atoms with Crippen LogP contribution < -0.4 is 4.90 Å². The number of carbonyl (C=O) groups is 1. The summed E-state index contributed by atoms with van der Waals surface area (Å²) in [6, 6.07) is 17.0. The molecule has 7 heteroatoms. The minimum absolute atomic E-state index is 0.254. The van der Waals surface area contributed by atoms with Crippen LogP contribution >= 0.6 is 22.9 Å². The Morgan fingerprint density at radius 3 is 2.69 bits per heavy atom. The van der Waals surface area contributed by atoms with Crippen LogP contribution in [0.1, 0.15) is 21.8 Å². The third kappa shape index (κ3) is 3.21.